The highest BCUT2D eigenvalue weighted by molar-refractivity contribution is 5.41. The van der Waals surface area contributed by atoms with Crippen molar-refractivity contribution in [2.45, 2.75) is 13.5 Å². The summed E-state index contributed by atoms with van der Waals surface area (Å²) in [6.45, 7) is 3.71. The normalized spacial score (nSPS) is 9.29. The maximum atomic E-state index is 5.34. The molecular weight excluding hydrogens is 174 g/mol. The lowest BCUT2D eigenvalue weighted by Crippen LogP contribution is -1.96. The van der Waals surface area contributed by atoms with Crippen molar-refractivity contribution in [3.8, 4) is 11.8 Å². The summed E-state index contributed by atoms with van der Waals surface area (Å²) in [6.07, 6.45) is 0. The Labute approximate surface area is 85.1 Å². The van der Waals surface area contributed by atoms with Crippen LogP contribution in [0.2, 0.25) is 0 Å². The Morgan fingerprint density at radius 2 is 2.14 bits per heavy atom. The molecule has 0 fully saturated rings. The summed E-state index contributed by atoms with van der Waals surface area (Å²) >= 11 is 0. The number of hydrogen-bond acceptors (Lipinski definition) is 2. The summed E-state index contributed by atoms with van der Waals surface area (Å²) in [5.41, 5.74) is 7.45. The zero-order chi connectivity index (χ0) is 10.2. The summed E-state index contributed by atoms with van der Waals surface area (Å²) in [5, 5.41) is 0. The van der Waals surface area contributed by atoms with E-state index in [1.165, 1.54) is 0 Å². The van der Waals surface area contributed by atoms with E-state index < -0.39 is 0 Å². The van der Waals surface area contributed by atoms with Crippen LogP contribution < -0.4 is 5.73 Å². The first kappa shape index (κ1) is 10.8. The van der Waals surface area contributed by atoms with Crippen LogP contribution in [0.25, 0.3) is 0 Å². The average molecular weight is 189 g/mol. The predicted octanol–water partition coefficient (Wildman–Crippen LogP) is 1.53. The van der Waals surface area contributed by atoms with E-state index in [0.717, 1.165) is 17.7 Å². The van der Waals surface area contributed by atoms with Gasteiger partial charge in [-0.2, -0.15) is 0 Å². The molecule has 0 aromatic heterocycles. The van der Waals surface area contributed by atoms with Crippen LogP contribution in [-0.2, 0) is 11.3 Å². The van der Waals surface area contributed by atoms with Gasteiger partial charge >= 0.3 is 0 Å². The SMILES string of the molecule is CCOCc1ccccc1C#CCN. The highest BCUT2D eigenvalue weighted by Crippen LogP contribution is 2.08. The Kier molecular flexibility index (Phi) is 4.77. The fourth-order valence-electron chi connectivity index (χ4n) is 1.13. The van der Waals surface area contributed by atoms with Gasteiger partial charge in [-0.25, -0.2) is 0 Å². The van der Waals surface area contributed by atoms with Gasteiger partial charge in [0.2, 0.25) is 0 Å². The van der Waals surface area contributed by atoms with Crippen LogP contribution in [0.3, 0.4) is 0 Å². The number of hydrogen-bond donors (Lipinski definition) is 1. The predicted molar refractivity (Wildman–Crippen MR) is 57.7 cm³/mol. The van der Waals surface area contributed by atoms with Crippen molar-refractivity contribution in [3.05, 3.63) is 35.4 Å². The second kappa shape index (κ2) is 6.20. The maximum Gasteiger partial charge on any atom is 0.0728 e. The minimum absolute atomic E-state index is 0.392. The second-order valence-electron chi connectivity index (χ2n) is 2.80. The quantitative estimate of drug-likeness (QED) is 0.732. The smallest absolute Gasteiger partial charge is 0.0728 e. The molecule has 2 N–H and O–H groups in total. The molecule has 0 amide bonds. The van der Waals surface area contributed by atoms with Crippen molar-refractivity contribution in [1.29, 1.82) is 0 Å². The number of rotatable bonds is 3. The number of ether oxygens (including phenoxy) is 1. The van der Waals surface area contributed by atoms with Crippen LogP contribution in [-0.4, -0.2) is 13.2 Å². The van der Waals surface area contributed by atoms with Crippen LogP contribution in [0.1, 0.15) is 18.1 Å². The third-order valence-corrected chi connectivity index (χ3v) is 1.80. The van der Waals surface area contributed by atoms with E-state index in [1.54, 1.807) is 0 Å². The molecular formula is C12H15NO. The summed E-state index contributed by atoms with van der Waals surface area (Å²) in [6, 6.07) is 7.96. The third-order valence-electron chi connectivity index (χ3n) is 1.80. The molecule has 1 aromatic rings. The minimum Gasteiger partial charge on any atom is -0.377 e. The molecule has 1 rings (SSSR count). The van der Waals surface area contributed by atoms with Crippen molar-refractivity contribution in [2.75, 3.05) is 13.2 Å². The van der Waals surface area contributed by atoms with Gasteiger partial charge in [-0.05, 0) is 18.6 Å². The molecule has 0 aliphatic rings. The molecule has 0 aliphatic carbocycles. The van der Waals surface area contributed by atoms with E-state index in [1.807, 2.05) is 31.2 Å². The third kappa shape index (κ3) is 3.21. The van der Waals surface area contributed by atoms with Crippen LogP contribution in [0.5, 0.6) is 0 Å². The molecule has 1 aromatic carbocycles. The molecule has 14 heavy (non-hydrogen) atoms. The van der Waals surface area contributed by atoms with Gasteiger partial charge < -0.3 is 10.5 Å². The first-order valence-corrected chi connectivity index (χ1v) is 4.73. The van der Waals surface area contributed by atoms with Gasteiger partial charge in [-0.3, -0.25) is 0 Å². The summed E-state index contributed by atoms with van der Waals surface area (Å²) in [5.74, 6) is 5.87. The Morgan fingerprint density at radius 3 is 2.86 bits per heavy atom. The van der Waals surface area contributed by atoms with Gasteiger partial charge in [-0.15, -0.1) is 0 Å². The van der Waals surface area contributed by atoms with Crippen molar-refractivity contribution in [3.63, 3.8) is 0 Å². The van der Waals surface area contributed by atoms with E-state index >= 15 is 0 Å². The lowest BCUT2D eigenvalue weighted by Gasteiger charge is -2.03. The highest BCUT2D eigenvalue weighted by Gasteiger charge is 1.97. The average Bonchev–Trinajstić information content (AvgIpc) is 2.24. The van der Waals surface area contributed by atoms with Crippen LogP contribution in [0.15, 0.2) is 24.3 Å². The molecule has 0 aliphatic heterocycles. The molecule has 0 unspecified atom stereocenters. The van der Waals surface area contributed by atoms with Crippen molar-refractivity contribution >= 4 is 0 Å². The lowest BCUT2D eigenvalue weighted by molar-refractivity contribution is 0.134. The van der Waals surface area contributed by atoms with Gasteiger partial charge in [0.05, 0.1) is 13.2 Å². The monoisotopic (exact) mass is 189 g/mol. The molecule has 0 radical (unpaired) electrons. The van der Waals surface area contributed by atoms with Gasteiger partial charge in [0, 0.05) is 12.2 Å². The Balaban J connectivity index is 2.80. The highest BCUT2D eigenvalue weighted by atomic mass is 16.5. The fourth-order valence-corrected chi connectivity index (χ4v) is 1.13. The molecule has 0 atom stereocenters. The standard InChI is InChI=1S/C12H15NO/c1-2-14-10-12-7-4-3-6-11(12)8-5-9-13/h3-4,6-7H,2,9-10,13H2,1H3. The largest absolute Gasteiger partial charge is 0.377 e. The Hall–Kier alpha value is -1.30. The van der Waals surface area contributed by atoms with Gasteiger partial charge in [0.25, 0.3) is 0 Å². The lowest BCUT2D eigenvalue weighted by atomic mass is 10.1. The molecule has 0 saturated carbocycles. The topological polar surface area (TPSA) is 35.2 Å². The van der Waals surface area contributed by atoms with Gasteiger partial charge in [-0.1, -0.05) is 30.0 Å². The molecule has 0 saturated heterocycles. The van der Waals surface area contributed by atoms with E-state index in [4.69, 9.17) is 10.5 Å². The molecule has 0 spiro atoms. The number of nitrogens with two attached hydrogens (primary N) is 1. The summed E-state index contributed by atoms with van der Waals surface area (Å²) in [7, 11) is 0. The van der Waals surface area contributed by atoms with Gasteiger partial charge in [0.15, 0.2) is 0 Å². The Bertz CT molecular complexity index is 336. The summed E-state index contributed by atoms with van der Waals surface area (Å²) < 4.78 is 5.34. The van der Waals surface area contributed by atoms with Crippen LogP contribution >= 0.6 is 0 Å². The second-order valence-corrected chi connectivity index (χ2v) is 2.80. The summed E-state index contributed by atoms with van der Waals surface area (Å²) in [4.78, 5) is 0. The Morgan fingerprint density at radius 1 is 1.36 bits per heavy atom. The van der Waals surface area contributed by atoms with E-state index in [-0.39, 0.29) is 0 Å². The first-order valence-electron chi connectivity index (χ1n) is 4.73. The van der Waals surface area contributed by atoms with E-state index in [9.17, 15) is 0 Å². The van der Waals surface area contributed by atoms with Crippen molar-refractivity contribution < 1.29 is 4.74 Å². The number of benzene rings is 1. The molecule has 0 bridgehead atoms. The molecule has 2 nitrogen and oxygen atoms in total. The van der Waals surface area contributed by atoms with Crippen LogP contribution in [0, 0.1) is 11.8 Å². The molecule has 2 heteroatoms. The molecule has 74 valence electrons. The zero-order valence-corrected chi connectivity index (χ0v) is 8.42. The maximum absolute atomic E-state index is 5.34. The van der Waals surface area contributed by atoms with Crippen molar-refractivity contribution in [2.24, 2.45) is 5.73 Å². The fraction of sp³-hybridized carbons (Fsp3) is 0.333. The molecule has 0 heterocycles. The first-order chi connectivity index (χ1) is 6.88. The van der Waals surface area contributed by atoms with Crippen molar-refractivity contribution in [1.82, 2.24) is 0 Å². The van der Waals surface area contributed by atoms with Gasteiger partial charge in [0.1, 0.15) is 0 Å². The minimum atomic E-state index is 0.392. The van der Waals surface area contributed by atoms with E-state index in [0.29, 0.717) is 13.2 Å². The van der Waals surface area contributed by atoms with E-state index in [2.05, 4.69) is 11.8 Å². The van der Waals surface area contributed by atoms with Crippen LogP contribution in [0.4, 0.5) is 0 Å². The zero-order valence-electron chi connectivity index (χ0n) is 8.42.